The Hall–Kier alpha value is -0.336. The molecule has 7 unspecified atom stereocenters. The molecule has 0 rings (SSSR count). The second-order valence-corrected chi connectivity index (χ2v) is 24.6. The molecule has 0 aromatic rings. The fourth-order valence-electron chi connectivity index (χ4n) is 5.85. The van der Waals surface area contributed by atoms with Gasteiger partial charge in [-0.25, -0.2) is 4.79 Å². The number of aliphatic hydroxyl groups excluding tert-OH is 2. The van der Waals surface area contributed by atoms with Gasteiger partial charge in [0.25, 0.3) is 0 Å². The highest BCUT2D eigenvalue weighted by Crippen LogP contribution is 2.43. The molecule has 0 spiro atoms. The van der Waals surface area contributed by atoms with Crippen molar-refractivity contribution in [3.05, 3.63) is 0 Å². The van der Waals surface area contributed by atoms with Crippen LogP contribution in [0.25, 0.3) is 0 Å². The Morgan fingerprint density at radius 3 is 1.57 bits per heavy atom. The molecule has 0 fully saturated rings. The van der Waals surface area contributed by atoms with Crippen molar-refractivity contribution < 1.29 is 38.4 Å². The third-order valence-electron chi connectivity index (χ3n) is 9.30. The number of aliphatic hydroxyl groups is 2. The van der Waals surface area contributed by atoms with E-state index in [4.69, 9.17) is 18.3 Å². The number of carboxylic acids is 1. The summed E-state index contributed by atoms with van der Waals surface area (Å²) in [4.78, 5) is 11.3. The second kappa shape index (κ2) is 16.5. The van der Waals surface area contributed by atoms with E-state index in [1.54, 1.807) is 21.1 Å². The number of ether oxygens (including phenoxy) is 2. The Balaban J connectivity index is 6.15. The van der Waals surface area contributed by atoms with Gasteiger partial charge in [-0.05, 0) is 59.4 Å². The van der Waals surface area contributed by atoms with Gasteiger partial charge in [-0.3, -0.25) is 0 Å². The van der Waals surface area contributed by atoms with Crippen LogP contribution in [0.5, 0.6) is 0 Å². The van der Waals surface area contributed by atoms with Gasteiger partial charge < -0.3 is 33.6 Å². The van der Waals surface area contributed by atoms with Gasteiger partial charge in [-0.1, -0.05) is 76.2 Å². The van der Waals surface area contributed by atoms with Crippen LogP contribution in [0.4, 0.5) is 0 Å². The van der Waals surface area contributed by atoms with Crippen molar-refractivity contribution in [3.8, 4) is 0 Å². The molecule has 0 aromatic carbocycles. The molecule has 7 atom stereocenters. The van der Waals surface area contributed by atoms with E-state index < -0.39 is 52.9 Å². The largest absolute Gasteiger partial charge is 0.479 e. The molecule has 0 radical (unpaired) electrons. The first-order chi connectivity index (χ1) is 18.1. The molecule has 0 bridgehead atoms. The molecule has 0 aliphatic rings. The lowest BCUT2D eigenvalue weighted by molar-refractivity contribution is -0.156. The standard InChI is InChI=1S/C30H64O8Si2/c1-19(2)40(20(3)4,21(5)6)37-18-22(7)16-24(35-12)28(38-39(14,15)30(9,10)11)25(36-13)17-23(8)26(31)27(32)29(33)34/h19-28,31-32H,16-18H2,1-15H3,(H,33,34). The van der Waals surface area contributed by atoms with Gasteiger partial charge in [-0.2, -0.15) is 0 Å². The molecular formula is C30H64O8Si2. The first-order valence-corrected chi connectivity index (χ1v) is 20.1. The van der Waals surface area contributed by atoms with Gasteiger partial charge in [0.15, 0.2) is 22.7 Å². The molecule has 0 aliphatic carbocycles. The zero-order valence-corrected chi connectivity index (χ0v) is 30.3. The molecule has 0 saturated heterocycles. The molecular weight excluding hydrogens is 544 g/mol. The van der Waals surface area contributed by atoms with Gasteiger partial charge in [0.2, 0.25) is 0 Å². The van der Waals surface area contributed by atoms with Crippen molar-refractivity contribution >= 4 is 22.6 Å². The third kappa shape index (κ3) is 10.4. The number of methoxy groups -OCH3 is 2. The molecule has 0 heterocycles. The van der Waals surface area contributed by atoms with E-state index >= 15 is 0 Å². The summed E-state index contributed by atoms with van der Waals surface area (Å²) in [6.45, 7) is 29.2. The van der Waals surface area contributed by atoms with Gasteiger partial charge in [0.1, 0.15) is 0 Å². The second-order valence-electron chi connectivity index (χ2n) is 14.3. The van der Waals surface area contributed by atoms with E-state index in [1.807, 2.05) is 0 Å². The van der Waals surface area contributed by atoms with Crippen molar-refractivity contribution in [2.24, 2.45) is 11.8 Å². The normalized spacial score (nSPS) is 19.0. The Bertz CT molecular complexity index is 716. The lowest BCUT2D eigenvalue weighted by atomic mass is 9.89. The molecule has 3 N–H and O–H groups in total. The first kappa shape index (κ1) is 39.7. The molecule has 0 aliphatic heterocycles. The summed E-state index contributed by atoms with van der Waals surface area (Å²) < 4.78 is 25.9. The molecule has 240 valence electrons. The fourth-order valence-corrected chi connectivity index (χ4v) is 12.8. The van der Waals surface area contributed by atoms with Crippen molar-refractivity contribution in [1.29, 1.82) is 0 Å². The van der Waals surface area contributed by atoms with E-state index in [2.05, 4.69) is 82.3 Å². The van der Waals surface area contributed by atoms with Gasteiger partial charge in [0, 0.05) is 20.8 Å². The SMILES string of the molecule is COC(CC(C)CO[Si](C(C)C)(C(C)C)C(C)C)C(O[Si](C)(C)C(C)(C)C)C(CC(C)C(O)C(O)C(=O)O)OC. The minimum atomic E-state index is -2.28. The maximum absolute atomic E-state index is 11.3. The summed E-state index contributed by atoms with van der Waals surface area (Å²) >= 11 is 0. The van der Waals surface area contributed by atoms with E-state index in [9.17, 15) is 20.1 Å². The van der Waals surface area contributed by atoms with E-state index in [0.717, 1.165) is 0 Å². The minimum absolute atomic E-state index is 0.0574. The number of carboxylic acid groups (broad SMARTS) is 1. The summed E-state index contributed by atoms with van der Waals surface area (Å²) in [5.41, 5.74) is 1.50. The fraction of sp³-hybridized carbons (Fsp3) is 0.967. The summed E-state index contributed by atoms with van der Waals surface area (Å²) in [6, 6.07) is 0. The molecule has 8 nitrogen and oxygen atoms in total. The number of hydrogen-bond donors (Lipinski definition) is 3. The predicted octanol–water partition coefficient (Wildman–Crippen LogP) is 6.46. The van der Waals surface area contributed by atoms with Crippen LogP contribution in [0.15, 0.2) is 0 Å². The van der Waals surface area contributed by atoms with Crippen molar-refractivity contribution in [1.82, 2.24) is 0 Å². The van der Waals surface area contributed by atoms with Gasteiger partial charge >= 0.3 is 5.97 Å². The topological polar surface area (TPSA) is 115 Å². The zero-order valence-electron chi connectivity index (χ0n) is 28.3. The van der Waals surface area contributed by atoms with Crippen LogP contribution >= 0.6 is 0 Å². The lowest BCUT2D eigenvalue weighted by Crippen LogP contribution is -2.53. The predicted molar refractivity (Wildman–Crippen MR) is 168 cm³/mol. The van der Waals surface area contributed by atoms with Crippen LogP contribution in [-0.4, -0.2) is 89.3 Å². The third-order valence-corrected chi connectivity index (χ3v) is 19.9. The highest BCUT2D eigenvalue weighted by atomic mass is 28.4. The van der Waals surface area contributed by atoms with Crippen LogP contribution in [0.3, 0.4) is 0 Å². The number of carbonyl (C=O) groups is 1. The van der Waals surface area contributed by atoms with Crippen molar-refractivity contribution in [2.45, 2.75) is 154 Å². The smallest absolute Gasteiger partial charge is 0.335 e. The van der Waals surface area contributed by atoms with Gasteiger partial charge in [0.05, 0.1) is 24.4 Å². The Kier molecular flexibility index (Phi) is 16.4. The summed E-state index contributed by atoms with van der Waals surface area (Å²) in [5.74, 6) is -1.79. The van der Waals surface area contributed by atoms with E-state index in [-0.39, 0.29) is 17.1 Å². The highest BCUT2D eigenvalue weighted by molar-refractivity contribution is 6.77. The molecule has 40 heavy (non-hydrogen) atoms. The molecule has 0 amide bonds. The molecule has 10 heteroatoms. The van der Waals surface area contributed by atoms with E-state index in [1.165, 1.54) is 0 Å². The average Bonchev–Trinajstić information content (AvgIpc) is 2.82. The number of hydrogen-bond acceptors (Lipinski definition) is 7. The van der Waals surface area contributed by atoms with Crippen molar-refractivity contribution in [3.63, 3.8) is 0 Å². The Labute approximate surface area is 247 Å². The zero-order chi connectivity index (χ0) is 31.8. The summed E-state index contributed by atoms with van der Waals surface area (Å²) in [7, 11) is -1.000. The maximum Gasteiger partial charge on any atom is 0.335 e. The molecule has 0 aromatic heterocycles. The Morgan fingerprint density at radius 1 is 0.800 bits per heavy atom. The number of rotatable bonds is 19. The Morgan fingerprint density at radius 2 is 1.23 bits per heavy atom. The lowest BCUT2D eigenvalue weighted by Gasteiger charge is -2.45. The summed E-state index contributed by atoms with van der Waals surface area (Å²) in [5, 5.41) is 29.6. The quantitative estimate of drug-likeness (QED) is 0.143. The highest BCUT2D eigenvalue weighted by Gasteiger charge is 2.47. The van der Waals surface area contributed by atoms with E-state index in [0.29, 0.717) is 36.1 Å². The maximum atomic E-state index is 11.3. The van der Waals surface area contributed by atoms with Crippen LogP contribution in [0, 0.1) is 11.8 Å². The van der Waals surface area contributed by atoms with Crippen LogP contribution in [0.2, 0.25) is 34.8 Å². The molecule has 0 saturated carbocycles. The minimum Gasteiger partial charge on any atom is -0.479 e. The summed E-state index contributed by atoms with van der Waals surface area (Å²) in [6.07, 6.45) is -3.53. The van der Waals surface area contributed by atoms with Crippen LogP contribution in [0.1, 0.15) is 89.0 Å². The van der Waals surface area contributed by atoms with Crippen LogP contribution in [-0.2, 0) is 23.1 Å². The monoisotopic (exact) mass is 608 g/mol. The first-order valence-electron chi connectivity index (χ1n) is 15.1. The van der Waals surface area contributed by atoms with Crippen molar-refractivity contribution in [2.75, 3.05) is 20.8 Å². The van der Waals surface area contributed by atoms with Crippen LogP contribution < -0.4 is 0 Å². The van der Waals surface area contributed by atoms with Gasteiger partial charge in [-0.15, -0.1) is 0 Å². The number of aliphatic carboxylic acids is 1. The average molecular weight is 609 g/mol.